The van der Waals surface area contributed by atoms with E-state index in [1.165, 1.54) is 0 Å². The van der Waals surface area contributed by atoms with Crippen LogP contribution in [0.2, 0.25) is 0 Å². The monoisotopic (exact) mass is 354 g/mol. The molecule has 2 aromatic rings. The molecule has 0 unspecified atom stereocenters. The lowest BCUT2D eigenvalue weighted by Gasteiger charge is -2.31. The first-order valence-electron chi connectivity index (χ1n) is 8.36. The van der Waals surface area contributed by atoms with Crippen LogP contribution in [0.4, 0.5) is 11.4 Å². The fourth-order valence-electron chi connectivity index (χ4n) is 2.91. The third kappa shape index (κ3) is 2.92. The molecule has 4 rings (SSSR count). The van der Waals surface area contributed by atoms with Gasteiger partial charge in [-0.2, -0.15) is 0 Å². The molecule has 134 valence electrons. The highest BCUT2D eigenvalue weighted by atomic mass is 16.6. The molecule has 2 heterocycles. The number of hydrogen-bond donors (Lipinski definition) is 2. The minimum absolute atomic E-state index is 0.227. The Morgan fingerprint density at radius 2 is 1.73 bits per heavy atom. The van der Waals surface area contributed by atoms with Crippen molar-refractivity contribution in [1.82, 2.24) is 0 Å². The van der Waals surface area contributed by atoms with E-state index in [2.05, 4.69) is 10.6 Å². The molecule has 0 saturated heterocycles. The van der Waals surface area contributed by atoms with Crippen LogP contribution < -0.4 is 24.8 Å². The van der Waals surface area contributed by atoms with Crippen molar-refractivity contribution in [2.75, 3.05) is 10.6 Å². The molecule has 2 N–H and O–H groups in total. The maximum atomic E-state index is 12.6. The molecule has 0 fully saturated rings. The molecule has 0 aliphatic carbocycles. The molecule has 2 aliphatic heterocycles. The number of carbonyl (C=O) groups is 2. The van der Waals surface area contributed by atoms with E-state index >= 15 is 0 Å². The van der Waals surface area contributed by atoms with Gasteiger partial charge in [0, 0.05) is 5.69 Å². The van der Waals surface area contributed by atoms with E-state index in [1.807, 2.05) is 12.1 Å². The van der Waals surface area contributed by atoms with Crippen molar-refractivity contribution in [3.63, 3.8) is 0 Å². The summed E-state index contributed by atoms with van der Waals surface area (Å²) in [6.07, 6.45) is -1.77. The zero-order valence-corrected chi connectivity index (χ0v) is 14.3. The van der Waals surface area contributed by atoms with Crippen LogP contribution in [0.25, 0.3) is 0 Å². The second-order valence-electron chi connectivity index (χ2n) is 6.26. The average molecular weight is 354 g/mol. The van der Waals surface area contributed by atoms with E-state index in [0.29, 0.717) is 28.6 Å². The molecular formula is C19H18N2O5. The van der Waals surface area contributed by atoms with Crippen LogP contribution in [0.5, 0.6) is 17.2 Å². The summed E-state index contributed by atoms with van der Waals surface area (Å²) in [5.41, 5.74) is 1.05. The summed E-state index contributed by atoms with van der Waals surface area (Å²) < 4.78 is 17.1. The number of rotatable bonds is 2. The van der Waals surface area contributed by atoms with Gasteiger partial charge in [0.1, 0.15) is 11.9 Å². The highest BCUT2D eigenvalue weighted by molar-refractivity contribution is 6.00. The molecule has 0 saturated carbocycles. The number of fused-ring (bicyclic) bond motifs is 2. The highest BCUT2D eigenvalue weighted by Crippen LogP contribution is 2.35. The number of amides is 2. The van der Waals surface area contributed by atoms with Crippen LogP contribution in [0.15, 0.2) is 42.5 Å². The SMILES string of the molecule is C[C@@H]1Oc2ccc(NC(=O)[C@H]3Oc4ccccc4O[C@H]3C)cc2NC1=O. The quantitative estimate of drug-likeness (QED) is 0.866. The summed E-state index contributed by atoms with van der Waals surface area (Å²) >= 11 is 0. The van der Waals surface area contributed by atoms with Crippen molar-refractivity contribution >= 4 is 23.2 Å². The van der Waals surface area contributed by atoms with Crippen LogP contribution in [0, 0.1) is 0 Å². The third-order valence-corrected chi connectivity index (χ3v) is 4.28. The zero-order chi connectivity index (χ0) is 18.3. The Balaban J connectivity index is 1.50. The van der Waals surface area contributed by atoms with Gasteiger partial charge in [-0.3, -0.25) is 9.59 Å². The summed E-state index contributed by atoms with van der Waals surface area (Å²) in [6.45, 7) is 3.45. The van der Waals surface area contributed by atoms with Crippen LogP contribution >= 0.6 is 0 Å². The van der Waals surface area contributed by atoms with Gasteiger partial charge < -0.3 is 24.8 Å². The molecular weight excluding hydrogens is 336 g/mol. The topological polar surface area (TPSA) is 85.9 Å². The lowest BCUT2D eigenvalue weighted by molar-refractivity contribution is -0.128. The van der Waals surface area contributed by atoms with E-state index in [4.69, 9.17) is 14.2 Å². The predicted molar refractivity (Wildman–Crippen MR) is 94.7 cm³/mol. The molecule has 7 heteroatoms. The number of ether oxygens (including phenoxy) is 3. The Labute approximate surface area is 150 Å². The molecule has 3 atom stereocenters. The molecule has 0 radical (unpaired) electrons. The van der Waals surface area contributed by atoms with Crippen LogP contribution in [0.3, 0.4) is 0 Å². The van der Waals surface area contributed by atoms with Gasteiger partial charge in [0.05, 0.1) is 5.69 Å². The third-order valence-electron chi connectivity index (χ3n) is 4.28. The van der Waals surface area contributed by atoms with Crippen molar-refractivity contribution in [3.8, 4) is 17.2 Å². The van der Waals surface area contributed by atoms with Crippen molar-refractivity contribution < 1.29 is 23.8 Å². The van der Waals surface area contributed by atoms with E-state index in [1.54, 1.807) is 44.2 Å². The van der Waals surface area contributed by atoms with Crippen LogP contribution in [0.1, 0.15) is 13.8 Å². The Bertz CT molecular complexity index is 882. The molecule has 0 spiro atoms. The number of nitrogens with one attached hydrogen (secondary N) is 2. The molecule has 26 heavy (non-hydrogen) atoms. The summed E-state index contributed by atoms with van der Waals surface area (Å²) in [7, 11) is 0. The minimum atomic E-state index is -0.785. The van der Waals surface area contributed by atoms with E-state index in [-0.39, 0.29) is 11.8 Å². The van der Waals surface area contributed by atoms with Gasteiger partial charge in [-0.25, -0.2) is 0 Å². The zero-order valence-electron chi connectivity index (χ0n) is 14.3. The number of benzene rings is 2. The van der Waals surface area contributed by atoms with Gasteiger partial charge in [-0.15, -0.1) is 0 Å². The smallest absolute Gasteiger partial charge is 0.269 e. The van der Waals surface area contributed by atoms with Crippen LogP contribution in [-0.2, 0) is 9.59 Å². The Morgan fingerprint density at radius 1 is 1.00 bits per heavy atom. The van der Waals surface area contributed by atoms with Crippen LogP contribution in [-0.4, -0.2) is 30.1 Å². The first-order valence-corrected chi connectivity index (χ1v) is 8.36. The lowest BCUT2D eigenvalue weighted by atomic mass is 10.1. The maximum Gasteiger partial charge on any atom is 0.269 e. The van der Waals surface area contributed by atoms with Crippen molar-refractivity contribution in [1.29, 1.82) is 0 Å². The average Bonchev–Trinajstić information content (AvgIpc) is 2.62. The maximum absolute atomic E-state index is 12.6. The van der Waals surface area contributed by atoms with Gasteiger partial charge in [-0.05, 0) is 44.2 Å². The predicted octanol–water partition coefficient (Wildman–Crippen LogP) is 2.57. The number of para-hydroxylation sites is 2. The number of hydrogen-bond acceptors (Lipinski definition) is 5. The highest BCUT2D eigenvalue weighted by Gasteiger charge is 2.34. The van der Waals surface area contributed by atoms with E-state index in [9.17, 15) is 9.59 Å². The number of carbonyl (C=O) groups excluding carboxylic acids is 2. The lowest BCUT2D eigenvalue weighted by Crippen LogP contribution is -2.46. The van der Waals surface area contributed by atoms with Gasteiger partial charge >= 0.3 is 0 Å². The molecule has 2 aromatic carbocycles. The molecule has 7 nitrogen and oxygen atoms in total. The summed E-state index contributed by atoms with van der Waals surface area (Å²) in [5, 5.41) is 5.55. The minimum Gasteiger partial charge on any atom is -0.482 e. The Morgan fingerprint density at radius 3 is 2.50 bits per heavy atom. The normalized spacial score (nSPS) is 23.3. The van der Waals surface area contributed by atoms with E-state index in [0.717, 1.165) is 0 Å². The largest absolute Gasteiger partial charge is 0.482 e. The van der Waals surface area contributed by atoms with Crippen molar-refractivity contribution in [3.05, 3.63) is 42.5 Å². The summed E-state index contributed by atoms with van der Waals surface area (Å²) in [5.74, 6) is 1.16. The summed E-state index contributed by atoms with van der Waals surface area (Å²) in [6, 6.07) is 12.3. The summed E-state index contributed by atoms with van der Waals surface area (Å²) in [4.78, 5) is 24.4. The molecule has 2 amide bonds. The van der Waals surface area contributed by atoms with Gasteiger partial charge in [0.2, 0.25) is 6.10 Å². The fraction of sp³-hybridized carbons (Fsp3) is 0.263. The second-order valence-corrected chi connectivity index (χ2v) is 6.26. The Hall–Kier alpha value is -3.22. The van der Waals surface area contributed by atoms with Gasteiger partial charge in [-0.1, -0.05) is 12.1 Å². The van der Waals surface area contributed by atoms with Crippen molar-refractivity contribution in [2.45, 2.75) is 32.2 Å². The van der Waals surface area contributed by atoms with E-state index < -0.39 is 18.3 Å². The first kappa shape index (κ1) is 16.3. The first-order chi connectivity index (χ1) is 12.5. The molecule has 0 bridgehead atoms. The second kappa shape index (κ2) is 6.25. The molecule has 2 aliphatic rings. The Kier molecular flexibility index (Phi) is 3.91. The van der Waals surface area contributed by atoms with Crippen molar-refractivity contribution in [2.24, 2.45) is 0 Å². The van der Waals surface area contributed by atoms with Gasteiger partial charge in [0.25, 0.3) is 11.8 Å². The number of anilines is 2. The fourth-order valence-corrected chi connectivity index (χ4v) is 2.91. The molecule has 0 aromatic heterocycles. The standard InChI is InChI=1S/C19H18N2O5/c1-10-17(26-16-6-4-3-5-15(16)24-10)19(23)20-12-7-8-14-13(9-12)21-18(22)11(2)25-14/h3-11,17H,1-2H3,(H,20,23)(H,21,22)/t10-,11-,17-/m0/s1. The van der Waals surface area contributed by atoms with Gasteiger partial charge in [0.15, 0.2) is 17.6 Å².